The molecule has 8 heteroatoms. The highest BCUT2D eigenvalue weighted by Gasteiger charge is 2.28. The van der Waals surface area contributed by atoms with Gasteiger partial charge in [0.15, 0.2) is 0 Å². The first-order chi connectivity index (χ1) is 12.9. The Bertz CT molecular complexity index is 848. The molecule has 2 N–H and O–H groups in total. The molecule has 0 aliphatic carbocycles. The molecule has 0 saturated carbocycles. The smallest absolute Gasteiger partial charge is 0.410 e. The first-order valence-corrected chi connectivity index (χ1v) is 9.30. The van der Waals surface area contributed by atoms with E-state index >= 15 is 0 Å². The van der Waals surface area contributed by atoms with Crippen LogP contribution in [0.4, 0.5) is 10.6 Å². The van der Waals surface area contributed by atoms with Crippen LogP contribution in [0.3, 0.4) is 0 Å². The summed E-state index contributed by atoms with van der Waals surface area (Å²) < 4.78 is 5.49. The van der Waals surface area contributed by atoms with E-state index in [1.54, 1.807) is 4.90 Å². The third-order valence-electron chi connectivity index (χ3n) is 4.47. The van der Waals surface area contributed by atoms with Crippen molar-refractivity contribution in [2.75, 3.05) is 18.4 Å². The number of rotatable bonds is 4. The summed E-state index contributed by atoms with van der Waals surface area (Å²) in [7, 11) is 0. The van der Waals surface area contributed by atoms with Gasteiger partial charge in [-0.3, -0.25) is 0 Å². The molecule has 2 aromatic rings. The largest absolute Gasteiger partial charge is 0.444 e. The van der Waals surface area contributed by atoms with Gasteiger partial charge >= 0.3 is 6.09 Å². The molecule has 3 heterocycles. The lowest BCUT2D eigenvalue weighted by Crippen LogP contribution is -2.47. The molecule has 1 aliphatic heterocycles. The van der Waals surface area contributed by atoms with Crippen LogP contribution in [0.15, 0.2) is 12.5 Å². The second-order valence-corrected chi connectivity index (χ2v) is 7.83. The van der Waals surface area contributed by atoms with Gasteiger partial charge in [-0.05, 0) is 45.6 Å². The predicted octanol–water partition coefficient (Wildman–Crippen LogP) is 3.23. The zero-order valence-electron chi connectivity index (χ0n) is 16.1. The molecule has 1 saturated heterocycles. The molecule has 144 valence electrons. The van der Waals surface area contributed by atoms with Crippen molar-refractivity contribution in [2.24, 2.45) is 0 Å². The van der Waals surface area contributed by atoms with E-state index in [1.807, 2.05) is 27.0 Å². The Hall–Kier alpha value is -2.82. The van der Waals surface area contributed by atoms with E-state index in [2.05, 4.69) is 26.3 Å². The summed E-state index contributed by atoms with van der Waals surface area (Å²) >= 11 is 0. The SMILES string of the molecule is CC(C)(C)OC(=O)N1CCCC(Nc2ncnc3[nH]cc(CCC#N)c23)C1. The molecule has 0 bridgehead atoms. The number of ether oxygens (including phenoxy) is 1. The molecule has 27 heavy (non-hydrogen) atoms. The Balaban J connectivity index is 1.74. The lowest BCUT2D eigenvalue weighted by Gasteiger charge is -2.34. The number of anilines is 1. The van der Waals surface area contributed by atoms with E-state index < -0.39 is 5.60 Å². The number of aryl methyl sites for hydroxylation is 1. The molecular formula is C19H26N6O2. The Morgan fingerprint density at radius 2 is 2.30 bits per heavy atom. The summed E-state index contributed by atoms with van der Waals surface area (Å²) in [4.78, 5) is 25.9. The van der Waals surface area contributed by atoms with Gasteiger partial charge in [-0.15, -0.1) is 0 Å². The first kappa shape index (κ1) is 19.0. The summed E-state index contributed by atoms with van der Waals surface area (Å²) in [6.07, 6.45) is 6.06. The number of aromatic amines is 1. The van der Waals surface area contributed by atoms with Gasteiger partial charge < -0.3 is 19.9 Å². The summed E-state index contributed by atoms with van der Waals surface area (Å²) in [6, 6.07) is 2.26. The molecule has 0 radical (unpaired) electrons. The minimum atomic E-state index is -0.503. The maximum absolute atomic E-state index is 12.4. The molecule has 8 nitrogen and oxygen atoms in total. The fourth-order valence-corrected chi connectivity index (χ4v) is 3.30. The van der Waals surface area contributed by atoms with Gasteiger partial charge in [0, 0.05) is 31.7 Å². The minimum Gasteiger partial charge on any atom is -0.444 e. The van der Waals surface area contributed by atoms with E-state index in [9.17, 15) is 4.79 Å². The van der Waals surface area contributed by atoms with Gasteiger partial charge in [-0.2, -0.15) is 5.26 Å². The fraction of sp³-hybridized carbons (Fsp3) is 0.579. The van der Waals surface area contributed by atoms with Crippen molar-refractivity contribution in [3.8, 4) is 6.07 Å². The third-order valence-corrected chi connectivity index (χ3v) is 4.47. The van der Waals surface area contributed by atoms with Crippen LogP contribution in [-0.2, 0) is 11.2 Å². The van der Waals surface area contributed by atoms with Crippen molar-refractivity contribution in [1.82, 2.24) is 19.9 Å². The molecule has 0 aromatic carbocycles. The Morgan fingerprint density at radius 3 is 3.04 bits per heavy atom. The first-order valence-electron chi connectivity index (χ1n) is 9.30. The van der Waals surface area contributed by atoms with Crippen LogP contribution >= 0.6 is 0 Å². The van der Waals surface area contributed by atoms with Gasteiger partial charge in [0.05, 0.1) is 11.5 Å². The maximum Gasteiger partial charge on any atom is 0.410 e. The topological polar surface area (TPSA) is 107 Å². The number of nitrogens with one attached hydrogen (secondary N) is 2. The average molecular weight is 370 g/mol. The van der Waals surface area contributed by atoms with Crippen LogP contribution < -0.4 is 5.32 Å². The molecule has 2 aromatic heterocycles. The van der Waals surface area contributed by atoms with Crippen LogP contribution in [0.5, 0.6) is 0 Å². The maximum atomic E-state index is 12.4. The molecular weight excluding hydrogens is 344 g/mol. The highest BCUT2D eigenvalue weighted by molar-refractivity contribution is 5.90. The van der Waals surface area contributed by atoms with Gasteiger partial charge in [0.25, 0.3) is 0 Å². The van der Waals surface area contributed by atoms with Gasteiger partial charge in [-0.1, -0.05) is 0 Å². The Kier molecular flexibility index (Phi) is 5.49. The van der Waals surface area contributed by atoms with E-state index in [4.69, 9.17) is 10.00 Å². The Morgan fingerprint density at radius 1 is 1.48 bits per heavy atom. The molecule has 1 aliphatic rings. The zero-order chi connectivity index (χ0) is 19.4. The quantitative estimate of drug-likeness (QED) is 0.856. The van der Waals surface area contributed by atoms with Crippen molar-refractivity contribution in [3.63, 3.8) is 0 Å². The van der Waals surface area contributed by atoms with E-state index in [0.29, 0.717) is 25.9 Å². The van der Waals surface area contributed by atoms with Crippen LogP contribution in [0.2, 0.25) is 0 Å². The van der Waals surface area contributed by atoms with E-state index in [0.717, 1.165) is 35.3 Å². The molecule has 0 spiro atoms. The second-order valence-electron chi connectivity index (χ2n) is 7.83. The third kappa shape index (κ3) is 4.67. The number of amides is 1. The highest BCUT2D eigenvalue weighted by atomic mass is 16.6. The molecule has 1 amide bonds. The monoisotopic (exact) mass is 370 g/mol. The molecule has 1 fully saturated rings. The highest BCUT2D eigenvalue weighted by Crippen LogP contribution is 2.26. The standard InChI is InChI=1S/C19H26N6O2/c1-19(2,3)27-18(26)25-9-5-7-14(11-25)24-17-15-13(6-4-8-20)10-21-16(15)22-12-23-17/h10,12,14H,4-7,9,11H2,1-3H3,(H2,21,22,23,24). The second kappa shape index (κ2) is 7.82. The number of aromatic nitrogens is 3. The van der Waals surface area contributed by atoms with Crippen molar-refractivity contribution < 1.29 is 9.53 Å². The van der Waals surface area contributed by atoms with Crippen LogP contribution in [-0.4, -0.2) is 50.7 Å². The van der Waals surface area contributed by atoms with E-state index in [1.165, 1.54) is 6.33 Å². The number of nitriles is 1. The van der Waals surface area contributed by atoms with Crippen LogP contribution in [0, 0.1) is 11.3 Å². The number of nitrogens with zero attached hydrogens (tertiary/aromatic N) is 4. The number of hydrogen-bond donors (Lipinski definition) is 2. The number of likely N-dealkylation sites (tertiary alicyclic amines) is 1. The molecule has 1 atom stereocenters. The number of carbonyl (C=O) groups is 1. The van der Waals surface area contributed by atoms with Crippen molar-refractivity contribution >= 4 is 22.9 Å². The molecule has 3 rings (SSSR count). The zero-order valence-corrected chi connectivity index (χ0v) is 16.1. The Labute approximate surface area is 158 Å². The van der Waals surface area contributed by atoms with Gasteiger partial charge in [0.1, 0.15) is 23.4 Å². The van der Waals surface area contributed by atoms with Crippen LogP contribution in [0.25, 0.3) is 11.0 Å². The summed E-state index contributed by atoms with van der Waals surface area (Å²) in [5, 5.41) is 13.3. The number of carbonyl (C=O) groups excluding carboxylic acids is 1. The van der Waals surface area contributed by atoms with Crippen LogP contribution in [0.1, 0.15) is 45.6 Å². The summed E-state index contributed by atoms with van der Waals surface area (Å²) in [5.74, 6) is 0.741. The number of H-pyrrole nitrogens is 1. The summed E-state index contributed by atoms with van der Waals surface area (Å²) in [5.41, 5.74) is 1.27. The lowest BCUT2D eigenvalue weighted by atomic mass is 10.1. The van der Waals surface area contributed by atoms with Gasteiger partial charge in [0.2, 0.25) is 0 Å². The average Bonchev–Trinajstić information content (AvgIpc) is 3.03. The van der Waals surface area contributed by atoms with Crippen molar-refractivity contribution in [1.29, 1.82) is 5.26 Å². The normalized spacial score (nSPS) is 17.6. The number of fused-ring (bicyclic) bond motifs is 1. The number of piperidine rings is 1. The fourth-order valence-electron chi connectivity index (χ4n) is 3.30. The van der Waals surface area contributed by atoms with Gasteiger partial charge in [-0.25, -0.2) is 14.8 Å². The number of hydrogen-bond acceptors (Lipinski definition) is 6. The molecule has 1 unspecified atom stereocenters. The minimum absolute atomic E-state index is 0.0862. The van der Waals surface area contributed by atoms with Crippen molar-refractivity contribution in [2.45, 2.75) is 58.1 Å². The predicted molar refractivity (Wildman–Crippen MR) is 102 cm³/mol. The lowest BCUT2D eigenvalue weighted by molar-refractivity contribution is 0.0206. The van der Waals surface area contributed by atoms with Crippen molar-refractivity contribution in [3.05, 3.63) is 18.1 Å². The van der Waals surface area contributed by atoms with E-state index in [-0.39, 0.29) is 12.1 Å². The summed E-state index contributed by atoms with van der Waals surface area (Å²) in [6.45, 7) is 6.88.